The first-order valence-corrected chi connectivity index (χ1v) is 4.97. The van der Waals surface area contributed by atoms with Gasteiger partial charge in [-0.15, -0.1) is 0 Å². The van der Waals surface area contributed by atoms with Gasteiger partial charge in [-0.05, 0) is 18.6 Å². The molecule has 0 bridgehead atoms. The molecule has 1 rings (SSSR count). The molecule has 0 fully saturated rings. The van der Waals surface area contributed by atoms with Gasteiger partial charge in [0.1, 0.15) is 5.15 Å². The molecule has 0 aliphatic heterocycles. The van der Waals surface area contributed by atoms with E-state index in [1.807, 2.05) is 13.0 Å². The molecule has 0 aliphatic rings. The van der Waals surface area contributed by atoms with E-state index in [9.17, 15) is 0 Å². The molecule has 0 saturated heterocycles. The monoisotopic (exact) mass is 211 g/mol. The molecule has 0 amide bonds. The quantitative estimate of drug-likeness (QED) is 0.428. The molecule has 0 spiro atoms. The molecule has 0 aromatic carbocycles. The number of thiol groups is 1. The second-order valence-electron chi connectivity index (χ2n) is 2.60. The van der Waals surface area contributed by atoms with E-state index in [-0.39, 0.29) is 0 Å². The van der Waals surface area contributed by atoms with Crippen LogP contribution in [0.25, 0.3) is 0 Å². The van der Waals surface area contributed by atoms with Crippen molar-refractivity contribution in [1.82, 2.24) is 4.98 Å². The molecule has 0 aliphatic carbocycles. The molecule has 0 N–H and O–H groups in total. The van der Waals surface area contributed by atoms with E-state index in [2.05, 4.69) is 29.5 Å². The topological polar surface area (TPSA) is 12.9 Å². The summed E-state index contributed by atoms with van der Waals surface area (Å²) in [6.07, 6.45) is 2.49. The number of hydrogen-bond donors (Lipinski definition) is 1. The molecule has 0 unspecified atom stereocenters. The highest BCUT2D eigenvalue weighted by atomic mass is 35.5. The summed E-state index contributed by atoms with van der Waals surface area (Å²) in [6, 6.07) is 1.81. The van der Waals surface area contributed by atoms with Crippen molar-refractivity contribution in [2.24, 2.45) is 0 Å². The predicted octanol–water partition coefficient (Wildman–Crippen LogP) is 2.71. The smallest absolute Gasteiger partial charge is 0.129 e. The number of aryl methyl sites for hydroxylation is 1. The Morgan fingerprint density at radius 2 is 2.38 bits per heavy atom. The van der Waals surface area contributed by atoms with Crippen molar-refractivity contribution in [3.63, 3.8) is 0 Å². The zero-order chi connectivity index (χ0) is 9.68. The minimum absolute atomic E-state index is 0.511. The molecule has 0 atom stereocenters. The van der Waals surface area contributed by atoms with Crippen LogP contribution in [0, 0.1) is 18.8 Å². The van der Waals surface area contributed by atoms with Gasteiger partial charge in [-0.3, -0.25) is 0 Å². The van der Waals surface area contributed by atoms with Crippen molar-refractivity contribution < 1.29 is 0 Å². The molecular weight excluding hydrogens is 202 g/mol. The van der Waals surface area contributed by atoms with E-state index in [1.54, 1.807) is 6.20 Å². The minimum atomic E-state index is 0.511. The Bertz CT molecular complexity index is 352. The van der Waals surface area contributed by atoms with Crippen molar-refractivity contribution in [2.45, 2.75) is 13.3 Å². The maximum Gasteiger partial charge on any atom is 0.129 e. The van der Waals surface area contributed by atoms with Crippen LogP contribution < -0.4 is 0 Å². The average Bonchev–Trinajstić information content (AvgIpc) is 2.09. The van der Waals surface area contributed by atoms with Crippen LogP contribution in [0.3, 0.4) is 0 Å². The van der Waals surface area contributed by atoms with Crippen molar-refractivity contribution >= 4 is 24.2 Å². The Labute approximate surface area is 88.9 Å². The first kappa shape index (κ1) is 10.4. The van der Waals surface area contributed by atoms with Gasteiger partial charge >= 0.3 is 0 Å². The predicted molar refractivity (Wildman–Crippen MR) is 59.3 cm³/mol. The third kappa shape index (κ3) is 3.30. The van der Waals surface area contributed by atoms with Gasteiger partial charge in [0.15, 0.2) is 0 Å². The third-order valence-corrected chi connectivity index (χ3v) is 1.97. The first-order chi connectivity index (χ1) is 6.24. The number of pyridine rings is 1. The lowest BCUT2D eigenvalue weighted by molar-refractivity contribution is 1.26. The molecule has 1 aromatic rings. The standard InChI is InChI=1S/C10H10ClNS/c1-8-6-10(11)12-7-9(8)4-2-3-5-13/h6-7,13H,3,5H2,1H3. The highest BCUT2D eigenvalue weighted by Crippen LogP contribution is 2.10. The van der Waals surface area contributed by atoms with Crippen LogP contribution in [0.4, 0.5) is 0 Å². The molecule has 0 saturated carbocycles. The van der Waals surface area contributed by atoms with Gasteiger partial charge in [-0.25, -0.2) is 4.98 Å². The van der Waals surface area contributed by atoms with Crippen molar-refractivity contribution in [2.75, 3.05) is 5.75 Å². The lowest BCUT2D eigenvalue weighted by Gasteiger charge is -1.96. The highest BCUT2D eigenvalue weighted by Gasteiger charge is 1.95. The first-order valence-electron chi connectivity index (χ1n) is 3.96. The summed E-state index contributed by atoms with van der Waals surface area (Å²) in [5, 5.41) is 0.511. The lowest BCUT2D eigenvalue weighted by Crippen LogP contribution is -1.85. The Morgan fingerprint density at radius 1 is 1.62 bits per heavy atom. The Hall–Kier alpha value is -0.650. The van der Waals surface area contributed by atoms with Gasteiger partial charge in [-0.1, -0.05) is 23.4 Å². The summed E-state index contributed by atoms with van der Waals surface area (Å²) >= 11 is 9.78. The maximum absolute atomic E-state index is 5.71. The number of halogens is 1. The van der Waals surface area contributed by atoms with Crippen LogP contribution in [0.1, 0.15) is 17.5 Å². The zero-order valence-corrected chi connectivity index (χ0v) is 8.99. The van der Waals surface area contributed by atoms with Gasteiger partial charge < -0.3 is 0 Å². The molecule has 1 heterocycles. The van der Waals surface area contributed by atoms with Crippen LogP contribution in [0.5, 0.6) is 0 Å². The Morgan fingerprint density at radius 3 is 3.00 bits per heavy atom. The molecule has 0 radical (unpaired) electrons. The van der Waals surface area contributed by atoms with Crippen molar-refractivity contribution in [1.29, 1.82) is 0 Å². The van der Waals surface area contributed by atoms with E-state index in [4.69, 9.17) is 11.6 Å². The maximum atomic E-state index is 5.71. The molecule has 1 nitrogen and oxygen atoms in total. The van der Waals surface area contributed by atoms with Crippen LogP contribution in [0.15, 0.2) is 12.3 Å². The number of aromatic nitrogens is 1. The molecule has 68 valence electrons. The second kappa shape index (κ2) is 5.16. The Kier molecular flexibility index (Phi) is 4.14. The van der Waals surface area contributed by atoms with Crippen LogP contribution in [0.2, 0.25) is 5.15 Å². The van der Waals surface area contributed by atoms with Gasteiger partial charge in [0.25, 0.3) is 0 Å². The fraction of sp³-hybridized carbons (Fsp3) is 0.300. The second-order valence-corrected chi connectivity index (χ2v) is 3.43. The number of rotatable bonds is 1. The molecule has 1 aromatic heterocycles. The summed E-state index contributed by atoms with van der Waals surface area (Å²) in [5.41, 5.74) is 2.00. The summed E-state index contributed by atoms with van der Waals surface area (Å²) in [6.45, 7) is 1.97. The van der Waals surface area contributed by atoms with E-state index in [1.165, 1.54) is 0 Å². The lowest BCUT2D eigenvalue weighted by atomic mass is 10.2. The average molecular weight is 212 g/mol. The molecule has 13 heavy (non-hydrogen) atoms. The van der Waals surface area contributed by atoms with E-state index in [0.717, 1.165) is 23.3 Å². The fourth-order valence-electron chi connectivity index (χ4n) is 0.866. The van der Waals surface area contributed by atoms with Crippen LogP contribution in [-0.2, 0) is 0 Å². The SMILES string of the molecule is Cc1cc(Cl)ncc1C#CCCS. The van der Waals surface area contributed by atoms with Gasteiger partial charge in [0.2, 0.25) is 0 Å². The van der Waals surface area contributed by atoms with Crippen molar-refractivity contribution in [3.05, 3.63) is 28.5 Å². The highest BCUT2D eigenvalue weighted by molar-refractivity contribution is 7.80. The summed E-state index contributed by atoms with van der Waals surface area (Å²) in [7, 11) is 0. The van der Waals surface area contributed by atoms with Gasteiger partial charge in [-0.2, -0.15) is 12.6 Å². The normalized spacial score (nSPS) is 9.15. The molecular formula is C10H10ClNS. The molecule has 3 heteroatoms. The van der Waals surface area contributed by atoms with E-state index >= 15 is 0 Å². The van der Waals surface area contributed by atoms with Gasteiger partial charge in [0, 0.05) is 23.9 Å². The summed E-state index contributed by atoms with van der Waals surface area (Å²) in [4.78, 5) is 3.96. The largest absolute Gasteiger partial charge is 0.243 e. The van der Waals surface area contributed by atoms with E-state index < -0.39 is 0 Å². The van der Waals surface area contributed by atoms with Crippen molar-refractivity contribution in [3.8, 4) is 11.8 Å². The third-order valence-electron chi connectivity index (χ3n) is 1.54. The number of nitrogens with zero attached hydrogens (tertiary/aromatic N) is 1. The van der Waals surface area contributed by atoms with Gasteiger partial charge in [0.05, 0.1) is 0 Å². The summed E-state index contributed by atoms with van der Waals surface area (Å²) < 4.78 is 0. The fourth-order valence-corrected chi connectivity index (χ4v) is 1.19. The van der Waals surface area contributed by atoms with E-state index in [0.29, 0.717) is 5.15 Å². The number of hydrogen-bond acceptors (Lipinski definition) is 2. The Balaban J connectivity index is 2.85. The van der Waals surface area contributed by atoms with Crippen LogP contribution >= 0.6 is 24.2 Å². The van der Waals surface area contributed by atoms with Crippen LogP contribution in [-0.4, -0.2) is 10.7 Å². The minimum Gasteiger partial charge on any atom is -0.243 e. The summed E-state index contributed by atoms with van der Waals surface area (Å²) in [5.74, 6) is 6.81. The zero-order valence-electron chi connectivity index (χ0n) is 7.34.